The van der Waals surface area contributed by atoms with Crippen molar-refractivity contribution in [3.63, 3.8) is 0 Å². The monoisotopic (exact) mass is 456 g/mol. The van der Waals surface area contributed by atoms with E-state index >= 15 is 0 Å². The molecular weight excluding hydrogens is 426 g/mol. The molecule has 3 aliphatic rings. The zero-order valence-corrected chi connectivity index (χ0v) is 18.8. The summed E-state index contributed by atoms with van der Waals surface area (Å²) in [6.07, 6.45) is 3.97. The number of aromatic nitrogens is 2. The van der Waals surface area contributed by atoms with Crippen LogP contribution >= 0.6 is 0 Å². The number of amides is 1. The Labute approximate surface area is 193 Å². The summed E-state index contributed by atoms with van der Waals surface area (Å²) in [7, 11) is 0. The zero-order valence-electron chi connectivity index (χ0n) is 18.8. The van der Waals surface area contributed by atoms with Gasteiger partial charge in [-0.2, -0.15) is 0 Å². The second kappa shape index (κ2) is 9.69. The Morgan fingerprint density at radius 2 is 1.58 bits per heavy atom. The molecule has 3 heterocycles. The summed E-state index contributed by atoms with van der Waals surface area (Å²) in [6, 6.07) is 7.64. The molecule has 0 atom stereocenters. The summed E-state index contributed by atoms with van der Waals surface area (Å²) in [5.41, 5.74) is 0.794. The molecule has 1 aromatic carbocycles. The first kappa shape index (κ1) is 22.2. The van der Waals surface area contributed by atoms with Gasteiger partial charge in [-0.25, -0.2) is 8.78 Å². The molecule has 2 saturated heterocycles. The van der Waals surface area contributed by atoms with E-state index in [4.69, 9.17) is 0 Å². The molecule has 1 aliphatic carbocycles. The van der Waals surface area contributed by atoms with Crippen LogP contribution < -0.4 is 4.90 Å². The smallest absolute Gasteiger partial charge is 0.236 e. The predicted molar refractivity (Wildman–Crippen MR) is 122 cm³/mol. The third-order valence-electron chi connectivity index (χ3n) is 7.12. The zero-order chi connectivity index (χ0) is 22.8. The highest BCUT2D eigenvalue weighted by Crippen LogP contribution is 2.25. The number of carbonyl (C=O) groups excluding carboxylic acids is 1. The second-order valence-electron chi connectivity index (χ2n) is 9.20. The first-order valence-corrected chi connectivity index (χ1v) is 11.8. The highest BCUT2D eigenvalue weighted by molar-refractivity contribution is 5.78. The number of nitrogens with zero attached hydrogens (tertiary/aromatic N) is 6. The lowest BCUT2D eigenvalue weighted by atomic mass is 9.91. The number of carbonyl (C=O) groups is 1. The third-order valence-corrected chi connectivity index (χ3v) is 7.12. The minimum absolute atomic E-state index is 0.225. The number of halogens is 2. The average molecular weight is 457 g/mol. The van der Waals surface area contributed by atoms with Crippen molar-refractivity contribution < 1.29 is 13.6 Å². The van der Waals surface area contributed by atoms with Crippen LogP contribution in [0.4, 0.5) is 14.6 Å². The van der Waals surface area contributed by atoms with Gasteiger partial charge in [-0.05, 0) is 37.1 Å². The molecule has 7 nitrogen and oxygen atoms in total. The van der Waals surface area contributed by atoms with Crippen LogP contribution in [0.1, 0.15) is 19.3 Å². The van der Waals surface area contributed by atoms with Gasteiger partial charge in [-0.1, -0.05) is 6.42 Å². The highest BCUT2D eigenvalue weighted by atomic mass is 19.1. The number of anilines is 1. The number of hydrogen-bond donors (Lipinski definition) is 0. The van der Waals surface area contributed by atoms with Gasteiger partial charge in [0.1, 0.15) is 11.6 Å². The van der Waals surface area contributed by atoms with Crippen molar-refractivity contribution in [1.29, 1.82) is 0 Å². The fourth-order valence-electron chi connectivity index (χ4n) is 4.86. The summed E-state index contributed by atoms with van der Waals surface area (Å²) in [4.78, 5) is 21.7. The van der Waals surface area contributed by atoms with Crippen LogP contribution in [0.15, 0.2) is 30.3 Å². The first-order chi connectivity index (χ1) is 16.0. The molecule has 176 valence electrons. The van der Waals surface area contributed by atoms with Gasteiger partial charge in [0.25, 0.3) is 0 Å². The molecule has 2 aromatic rings. The molecule has 3 fully saturated rings. The van der Waals surface area contributed by atoms with Crippen LogP contribution in [-0.2, 0) is 4.79 Å². The van der Waals surface area contributed by atoms with Crippen molar-refractivity contribution >= 4 is 11.7 Å². The van der Waals surface area contributed by atoms with Gasteiger partial charge in [0.05, 0.1) is 12.2 Å². The molecule has 5 rings (SSSR count). The highest BCUT2D eigenvalue weighted by Gasteiger charge is 2.30. The number of hydrogen-bond acceptors (Lipinski definition) is 6. The van der Waals surface area contributed by atoms with E-state index in [0.717, 1.165) is 70.3 Å². The first-order valence-electron chi connectivity index (χ1n) is 11.8. The SMILES string of the molecule is O=C(CN1CCN(c2ccc(-c3cc(F)cc(F)c3)nn2)CC1)N1CCN(C2CCC2)CC1. The minimum Gasteiger partial charge on any atom is -0.353 e. The van der Waals surface area contributed by atoms with Crippen molar-refractivity contribution in [3.05, 3.63) is 42.0 Å². The maximum Gasteiger partial charge on any atom is 0.236 e. The molecule has 0 unspecified atom stereocenters. The van der Waals surface area contributed by atoms with Crippen LogP contribution in [0.3, 0.4) is 0 Å². The van der Waals surface area contributed by atoms with E-state index in [9.17, 15) is 13.6 Å². The van der Waals surface area contributed by atoms with Gasteiger partial charge in [-0.3, -0.25) is 14.6 Å². The second-order valence-corrected chi connectivity index (χ2v) is 9.20. The predicted octanol–water partition coefficient (Wildman–Crippen LogP) is 2.24. The van der Waals surface area contributed by atoms with Gasteiger partial charge in [0.15, 0.2) is 5.82 Å². The Balaban J connectivity index is 1.09. The van der Waals surface area contributed by atoms with E-state index in [1.54, 1.807) is 6.07 Å². The van der Waals surface area contributed by atoms with E-state index in [2.05, 4.69) is 24.9 Å². The standard InChI is InChI=1S/C24H30F2N6O/c25-19-14-18(15-20(26)16-19)22-4-5-23(28-27-22)31-8-6-29(7-9-31)17-24(33)32-12-10-30(11-13-32)21-2-1-3-21/h4-5,14-16,21H,1-3,6-13,17H2. The molecule has 1 saturated carbocycles. The van der Waals surface area contributed by atoms with E-state index in [1.807, 2.05) is 11.0 Å². The van der Waals surface area contributed by atoms with Crippen LogP contribution in [-0.4, -0.2) is 95.7 Å². The van der Waals surface area contributed by atoms with E-state index < -0.39 is 11.6 Å². The molecule has 0 bridgehead atoms. The molecule has 1 amide bonds. The van der Waals surface area contributed by atoms with Crippen LogP contribution in [0.5, 0.6) is 0 Å². The molecule has 0 radical (unpaired) electrons. The lowest BCUT2D eigenvalue weighted by molar-refractivity contribution is -0.134. The summed E-state index contributed by atoms with van der Waals surface area (Å²) >= 11 is 0. The molecule has 1 aromatic heterocycles. The van der Waals surface area contributed by atoms with Crippen LogP contribution in [0, 0.1) is 11.6 Å². The molecule has 33 heavy (non-hydrogen) atoms. The Morgan fingerprint density at radius 3 is 2.15 bits per heavy atom. The van der Waals surface area contributed by atoms with Crippen molar-refractivity contribution in [2.75, 3.05) is 63.8 Å². The van der Waals surface area contributed by atoms with E-state index in [1.165, 1.54) is 31.4 Å². The third kappa shape index (κ3) is 5.14. The fourth-order valence-corrected chi connectivity index (χ4v) is 4.86. The molecule has 2 aliphatic heterocycles. The summed E-state index contributed by atoms with van der Waals surface area (Å²) in [5.74, 6) is -0.319. The number of rotatable bonds is 5. The lowest BCUT2D eigenvalue weighted by Crippen LogP contribution is -2.56. The van der Waals surface area contributed by atoms with Gasteiger partial charge in [0.2, 0.25) is 5.91 Å². The largest absolute Gasteiger partial charge is 0.353 e. The van der Waals surface area contributed by atoms with Crippen LogP contribution in [0.2, 0.25) is 0 Å². The molecule has 0 N–H and O–H groups in total. The van der Waals surface area contributed by atoms with Gasteiger partial charge < -0.3 is 9.80 Å². The topological polar surface area (TPSA) is 55.8 Å². The Morgan fingerprint density at radius 1 is 0.879 bits per heavy atom. The Hall–Kier alpha value is -2.65. The Kier molecular flexibility index (Phi) is 6.50. The van der Waals surface area contributed by atoms with Crippen molar-refractivity contribution in [1.82, 2.24) is 24.9 Å². The summed E-state index contributed by atoms with van der Waals surface area (Å²) in [6.45, 7) is 7.23. The minimum atomic E-state index is -0.637. The quantitative estimate of drug-likeness (QED) is 0.688. The summed E-state index contributed by atoms with van der Waals surface area (Å²) in [5, 5.41) is 8.42. The number of piperazine rings is 2. The molecule has 0 spiro atoms. The van der Waals surface area contributed by atoms with Gasteiger partial charge >= 0.3 is 0 Å². The van der Waals surface area contributed by atoms with Gasteiger partial charge in [-0.15, -0.1) is 10.2 Å². The fraction of sp³-hybridized carbons (Fsp3) is 0.542. The normalized spacial score (nSPS) is 20.7. The molecular formula is C24H30F2N6O. The summed E-state index contributed by atoms with van der Waals surface area (Å²) < 4.78 is 26.9. The van der Waals surface area contributed by atoms with Gasteiger partial charge in [0, 0.05) is 70.0 Å². The maximum absolute atomic E-state index is 13.5. The number of benzene rings is 1. The molecule has 9 heteroatoms. The van der Waals surface area contributed by atoms with Crippen molar-refractivity contribution in [2.45, 2.75) is 25.3 Å². The maximum atomic E-state index is 13.5. The van der Waals surface area contributed by atoms with E-state index in [0.29, 0.717) is 17.8 Å². The average Bonchev–Trinajstić information content (AvgIpc) is 2.78. The lowest BCUT2D eigenvalue weighted by Gasteiger charge is -2.43. The van der Waals surface area contributed by atoms with E-state index in [-0.39, 0.29) is 5.91 Å². The van der Waals surface area contributed by atoms with Crippen molar-refractivity contribution in [2.24, 2.45) is 0 Å². The van der Waals surface area contributed by atoms with Crippen LogP contribution in [0.25, 0.3) is 11.3 Å². The Bertz CT molecular complexity index is 947. The van der Waals surface area contributed by atoms with Crippen molar-refractivity contribution in [3.8, 4) is 11.3 Å².